The van der Waals surface area contributed by atoms with Crippen LogP contribution in [0.15, 0.2) is 47.3 Å². The van der Waals surface area contributed by atoms with Crippen LogP contribution in [0.5, 0.6) is 0 Å². The Morgan fingerprint density at radius 2 is 1.92 bits per heavy atom. The predicted molar refractivity (Wildman–Crippen MR) is 92.9 cm³/mol. The van der Waals surface area contributed by atoms with E-state index in [1.807, 2.05) is 0 Å². The third kappa shape index (κ3) is 4.30. The molecule has 2 heterocycles. The molecular formula is C19H20N2O5. The molecule has 0 atom stereocenters. The molecule has 1 aromatic heterocycles. The summed E-state index contributed by atoms with van der Waals surface area (Å²) in [7, 11) is 0. The van der Waals surface area contributed by atoms with Gasteiger partial charge in [-0.05, 0) is 36.6 Å². The molecule has 1 aliphatic rings. The first kappa shape index (κ1) is 17.7. The number of furan rings is 1. The molecule has 0 spiro atoms. The molecule has 2 N–H and O–H groups in total. The van der Waals surface area contributed by atoms with Crippen LogP contribution < -0.4 is 5.32 Å². The molecule has 0 unspecified atom stereocenters. The number of carboxylic acids is 1. The SMILES string of the molecule is O=C(Cc1cccc(C(=O)O)c1)NC1CCN(C(=O)c2ccoc2)CC1. The number of likely N-dealkylation sites (tertiary alicyclic amines) is 1. The Labute approximate surface area is 150 Å². The van der Waals surface area contributed by atoms with E-state index in [9.17, 15) is 14.4 Å². The first-order chi connectivity index (χ1) is 12.5. The zero-order valence-corrected chi connectivity index (χ0v) is 14.2. The summed E-state index contributed by atoms with van der Waals surface area (Å²) in [4.78, 5) is 37.2. The lowest BCUT2D eigenvalue weighted by Gasteiger charge is -2.32. The van der Waals surface area contributed by atoms with E-state index in [0.29, 0.717) is 37.1 Å². The number of nitrogens with zero attached hydrogens (tertiary/aromatic N) is 1. The first-order valence-electron chi connectivity index (χ1n) is 8.46. The number of hydrogen-bond donors (Lipinski definition) is 2. The third-order valence-corrected chi connectivity index (χ3v) is 4.45. The van der Waals surface area contributed by atoms with Gasteiger partial charge in [-0.3, -0.25) is 9.59 Å². The van der Waals surface area contributed by atoms with Crippen LogP contribution in [0.1, 0.15) is 39.1 Å². The van der Waals surface area contributed by atoms with Gasteiger partial charge in [0.25, 0.3) is 5.91 Å². The quantitative estimate of drug-likeness (QED) is 0.853. The maximum absolute atomic E-state index is 12.2. The maximum Gasteiger partial charge on any atom is 0.335 e. The van der Waals surface area contributed by atoms with Gasteiger partial charge in [-0.15, -0.1) is 0 Å². The van der Waals surface area contributed by atoms with Gasteiger partial charge in [0.1, 0.15) is 6.26 Å². The predicted octanol–water partition coefficient (Wildman–Crippen LogP) is 1.94. The molecule has 0 aliphatic carbocycles. The molecule has 7 heteroatoms. The highest BCUT2D eigenvalue weighted by Crippen LogP contribution is 2.15. The largest absolute Gasteiger partial charge is 0.478 e. The second-order valence-corrected chi connectivity index (χ2v) is 6.33. The lowest BCUT2D eigenvalue weighted by atomic mass is 10.0. The zero-order valence-electron chi connectivity index (χ0n) is 14.2. The standard InChI is InChI=1S/C19H20N2O5/c22-17(11-13-2-1-3-14(10-13)19(24)25)20-16-4-7-21(8-5-16)18(23)15-6-9-26-12-15/h1-3,6,9-10,12,16H,4-5,7-8,11H2,(H,20,22)(H,24,25). The third-order valence-electron chi connectivity index (χ3n) is 4.45. The Kier molecular flexibility index (Phi) is 5.36. The highest BCUT2D eigenvalue weighted by molar-refractivity contribution is 5.94. The van der Waals surface area contributed by atoms with E-state index in [1.54, 1.807) is 23.1 Å². The van der Waals surface area contributed by atoms with Crippen molar-refractivity contribution in [3.8, 4) is 0 Å². The molecule has 1 aliphatic heterocycles. The van der Waals surface area contributed by atoms with Crippen LogP contribution in [0.2, 0.25) is 0 Å². The fraction of sp³-hybridized carbons (Fsp3) is 0.316. The lowest BCUT2D eigenvalue weighted by Crippen LogP contribution is -2.46. The van der Waals surface area contributed by atoms with Crippen molar-refractivity contribution in [3.63, 3.8) is 0 Å². The van der Waals surface area contributed by atoms with Gasteiger partial charge in [0.2, 0.25) is 5.91 Å². The van der Waals surface area contributed by atoms with Gasteiger partial charge >= 0.3 is 5.97 Å². The smallest absolute Gasteiger partial charge is 0.335 e. The lowest BCUT2D eigenvalue weighted by molar-refractivity contribution is -0.121. The van der Waals surface area contributed by atoms with E-state index in [2.05, 4.69) is 5.32 Å². The molecule has 1 saturated heterocycles. The van der Waals surface area contributed by atoms with Crippen molar-refractivity contribution in [3.05, 3.63) is 59.5 Å². The molecule has 0 radical (unpaired) electrons. The molecule has 2 aromatic rings. The molecule has 3 rings (SSSR count). The fourth-order valence-electron chi connectivity index (χ4n) is 3.07. The van der Waals surface area contributed by atoms with Crippen molar-refractivity contribution in [2.24, 2.45) is 0 Å². The van der Waals surface area contributed by atoms with Gasteiger partial charge in [0.15, 0.2) is 0 Å². The summed E-state index contributed by atoms with van der Waals surface area (Å²) >= 11 is 0. The van der Waals surface area contributed by atoms with E-state index in [0.717, 1.165) is 0 Å². The summed E-state index contributed by atoms with van der Waals surface area (Å²) < 4.78 is 4.94. The monoisotopic (exact) mass is 356 g/mol. The Hall–Kier alpha value is -3.09. The molecule has 1 fully saturated rings. The molecular weight excluding hydrogens is 336 g/mol. The number of amides is 2. The Morgan fingerprint density at radius 3 is 2.58 bits per heavy atom. The minimum atomic E-state index is -1.01. The average Bonchev–Trinajstić information content (AvgIpc) is 3.16. The molecule has 26 heavy (non-hydrogen) atoms. The van der Waals surface area contributed by atoms with E-state index >= 15 is 0 Å². The van der Waals surface area contributed by atoms with Crippen molar-refractivity contribution >= 4 is 17.8 Å². The van der Waals surface area contributed by atoms with Gasteiger partial charge in [-0.25, -0.2) is 4.79 Å². The van der Waals surface area contributed by atoms with Crippen LogP contribution in [0.4, 0.5) is 0 Å². The van der Waals surface area contributed by atoms with Crippen LogP contribution in [0, 0.1) is 0 Å². The van der Waals surface area contributed by atoms with Gasteiger partial charge in [-0.2, -0.15) is 0 Å². The minimum Gasteiger partial charge on any atom is -0.478 e. The number of hydrogen-bond acceptors (Lipinski definition) is 4. The van der Waals surface area contributed by atoms with Crippen molar-refractivity contribution in [1.82, 2.24) is 10.2 Å². The van der Waals surface area contributed by atoms with Crippen molar-refractivity contribution in [2.75, 3.05) is 13.1 Å². The van der Waals surface area contributed by atoms with Gasteiger partial charge in [0.05, 0.1) is 23.8 Å². The van der Waals surface area contributed by atoms with Crippen LogP contribution in [-0.4, -0.2) is 46.9 Å². The van der Waals surface area contributed by atoms with E-state index in [1.165, 1.54) is 24.7 Å². The minimum absolute atomic E-state index is 0.0126. The molecule has 1 aromatic carbocycles. The summed E-state index contributed by atoms with van der Waals surface area (Å²) in [5, 5.41) is 12.0. The van der Waals surface area contributed by atoms with Crippen molar-refractivity contribution < 1.29 is 23.9 Å². The second kappa shape index (κ2) is 7.86. The highest BCUT2D eigenvalue weighted by Gasteiger charge is 2.25. The molecule has 0 bridgehead atoms. The molecule has 7 nitrogen and oxygen atoms in total. The summed E-state index contributed by atoms with van der Waals surface area (Å²) in [5.41, 5.74) is 1.36. The average molecular weight is 356 g/mol. The normalized spacial score (nSPS) is 14.8. The highest BCUT2D eigenvalue weighted by atomic mass is 16.4. The second-order valence-electron chi connectivity index (χ2n) is 6.33. The Morgan fingerprint density at radius 1 is 1.15 bits per heavy atom. The molecule has 0 saturated carbocycles. The number of carboxylic acid groups (broad SMARTS) is 1. The van der Waals surface area contributed by atoms with Crippen LogP contribution in [0.3, 0.4) is 0 Å². The molecule has 2 amide bonds. The van der Waals surface area contributed by atoms with Crippen molar-refractivity contribution in [1.29, 1.82) is 0 Å². The van der Waals surface area contributed by atoms with Crippen LogP contribution in [-0.2, 0) is 11.2 Å². The Balaban J connectivity index is 1.48. The number of benzene rings is 1. The van der Waals surface area contributed by atoms with Crippen LogP contribution >= 0.6 is 0 Å². The van der Waals surface area contributed by atoms with E-state index < -0.39 is 5.97 Å². The number of piperidine rings is 1. The van der Waals surface area contributed by atoms with Gasteiger partial charge < -0.3 is 19.7 Å². The number of carbonyl (C=O) groups is 3. The summed E-state index contributed by atoms with van der Waals surface area (Å²) in [6.45, 7) is 1.15. The fourth-order valence-corrected chi connectivity index (χ4v) is 3.07. The Bertz CT molecular complexity index is 792. The number of rotatable bonds is 5. The van der Waals surface area contributed by atoms with Crippen molar-refractivity contribution in [2.45, 2.75) is 25.3 Å². The topological polar surface area (TPSA) is 99.9 Å². The summed E-state index contributed by atoms with van der Waals surface area (Å²) in [6, 6.07) is 8.02. The number of nitrogens with one attached hydrogen (secondary N) is 1. The van der Waals surface area contributed by atoms with Crippen LogP contribution in [0.25, 0.3) is 0 Å². The first-order valence-corrected chi connectivity index (χ1v) is 8.46. The summed E-state index contributed by atoms with van der Waals surface area (Å²) in [5.74, 6) is -1.22. The maximum atomic E-state index is 12.2. The number of aromatic carboxylic acids is 1. The van der Waals surface area contributed by atoms with Gasteiger partial charge in [0, 0.05) is 19.1 Å². The van der Waals surface area contributed by atoms with E-state index in [4.69, 9.17) is 9.52 Å². The number of carbonyl (C=O) groups excluding carboxylic acids is 2. The molecule has 136 valence electrons. The van der Waals surface area contributed by atoms with E-state index in [-0.39, 0.29) is 29.8 Å². The summed E-state index contributed by atoms with van der Waals surface area (Å²) in [6.07, 6.45) is 4.41. The zero-order chi connectivity index (χ0) is 18.5. The van der Waals surface area contributed by atoms with Gasteiger partial charge in [-0.1, -0.05) is 12.1 Å².